The van der Waals surface area contributed by atoms with Crippen molar-refractivity contribution in [2.24, 2.45) is 5.41 Å². The molecule has 1 saturated carbocycles. The summed E-state index contributed by atoms with van der Waals surface area (Å²) >= 11 is 0. The van der Waals surface area contributed by atoms with E-state index in [-0.39, 0.29) is 0 Å². The molecule has 1 aromatic rings. The summed E-state index contributed by atoms with van der Waals surface area (Å²) in [5.41, 5.74) is 0.447. The van der Waals surface area contributed by atoms with Crippen LogP contribution in [0, 0.1) is 5.41 Å². The monoisotopic (exact) mass is 235 g/mol. The molecular weight excluding hydrogens is 214 g/mol. The third-order valence-corrected chi connectivity index (χ3v) is 4.58. The molecule has 2 aliphatic rings. The van der Waals surface area contributed by atoms with E-state index in [1.807, 2.05) is 0 Å². The molecule has 94 valence electrons. The van der Waals surface area contributed by atoms with Crippen LogP contribution in [0.15, 0.2) is 4.52 Å². The zero-order valence-electron chi connectivity index (χ0n) is 10.5. The summed E-state index contributed by atoms with van der Waals surface area (Å²) in [6.07, 6.45) is 7.53. The van der Waals surface area contributed by atoms with Gasteiger partial charge in [0.1, 0.15) is 0 Å². The molecule has 1 N–H and O–H groups in total. The zero-order chi connectivity index (χ0) is 11.7. The first kappa shape index (κ1) is 11.2. The van der Waals surface area contributed by atoms with Crippen LogP contribution in [-0.2, 0) is 6.42 Å². The normalized spacial score (nSPS) is 27.7. The van der Waals surface area contributed by atoms with Crippen LogP contribution in [0.4, 0.5) is 0 Å². The van der Waals surface area contributed by atoms with Gasteiger partial charge in [-0.15, -0.1) is 0 Å². The molecule has 4 heteroatoms. The Labute approximate surface area is 102 Å². The lowest BCUT2D eigenvalue weighted by Crippen LogP contribution is -2.42. The lowest BCUT2D eigenvalue weighted by molar-refractivity contribution is 0.141. The van der Waals surface area contributed by atoms with E-state index in [1.54, 1.807) is 0 Å². The predicted molar refractivity (Wildman–Crippen MR) is 64.8 cm³/mol. The molecule has 2 heterocycles. The Morgan fingerprint density at radius 2 is 2.18 bits per heavy atom. The van der Waals surface area contributed by atoms with Crippen LogP contribution >= 0.6 is 0 Å². The summed E-state index contributed by atoms with van der Waals surface area (Å²) in [4.78, 5) is 4.55. The van der Waals surface area contributed by atoms with Gasteiger partial charge in [0, 0.05) is 13.0 Å². The second kappa shape index (κ2) is 4.41. The van der Waals surface area contributed by atoms with E-state index in [1.165, 1.54) is 32.1 Å². The van der Waals surface area contributed by atoms with Gasteiger partial charge in [-0.2, -0.15) is 4.98 Å². The van der Waals surface area contributed by atoms with E-state index in [2.05, 4.69) is 22.4 Å². The molecule has 0 unspecified atom stereocenters. The van der Waals surface area contributed by atoms with Gasteiger partial charge in [-0.3, -0.25) is 0 Å². The lowest BCUT2D eigenvalue weighted by atomic mass is 9.69. The third kappa shape index (κ3) is 1.88. The van der Waals surface area contributed by atoms with Crippen LogP contribution in [0.1, 0.15) is 56.7 Å². The van der Waals surface area contributed by atoms with E-state index in [0.717, 1.165) is 31.2 Å². The summed E-state index contributed by atoms with van der Waals surface area (Å²) in [6.45, 7) is 4.22. The maximum Gasteiger partial charge on any atom is 0.231 e. The summed E-state index contributed by atoms with van der Waals surface area (Å²) in [7, 11) is 0. The molecule has 1 atom stereocenters. The summed E-state index contributed by atoms with van der Waals surface area (Å²) in [5.74, 6) is 2.15. The topological polar surface area (TPSA) is 51.0 Å². The van der Waals surface area contributed by atoms with Crippen molar-refractivity contribution < 1.29 is 4.52 Å². The number of piperidine rings is 1. The highest BCUT2D eigenvalue weighted by molar-refractivity contribution is 5.08. The van der Waals surface area contributed by atoms with Crippen LogP contribution in [0.25, 0.3) is 0 Å². The fraction of sp³-hybridized carbons (Fsp3) is 0.846. The van der Waals surface area contributed by atoms with Gasteiger partial charge in [0.15, 0.2) is 5.82 Å². The maximum atomic E-state index is 5.48. The van der Waals surface area contributed by atoms with Crippen LogP contribution < -0.4 is 5.32 Å². The minimum Gasteiger partial charge on any atom is -0.339 e. The van der Waals surface area contributed by atoms with Crippen molar-refractivity contribution >= 4 is 0 Å². The Morgan fingerprint density at radius 3 is 2.88 bits per heavy atom. The average molecular weight is 235 g/mol. The predicted octanol–water partition coefficient (Wildman–Crippen LogP) is 2.27. The number of nitrogens with one attached hydrogen (secondary N) is 1. The largest absolute Gasteiger partial charge is 0.339 e. The minimum absolute atomic E-state index is 0.437. The number of hydrogen-bond acceptors (Lipinski definition) is 4. The van der Waals surface area contributed by atoms with E-state index >= 15 is 0 Å². The van der Waals surface area contributed by atoms with Gasteiger partial charge in [0.2, 0.25) is 5.89 Å². The van der Waals surface area contributed by atoms with Crippen molar-refractivity contribution in [3.05, 3.63) is 11.7 Å². The van der Waals surface area contributed by atoms with Gasteiger partial charge in [-0.05, 0) is 31.2 Å². The molecule has 3 rings (SSSR count). The molecule has 1 aromatic heterocycles. The molecule has 0 bridgehead atoms. The molecule has 17 heavy (non-hydrogen) atoms. The number of rotatable bonds is 2. The average Bonchev–Trinajstić information content (AvgIpc) is 3.00. The molecule has 1 aliphatic carbocycles. The first-order valence-electron chi connectivity index (χ1n) is 6.87. The Bertz CT molecular complexity index is 382. The van der Waals surface area contributed by atoms with Gasteiger partial charge in [0.25, 0.3) is 0 Å². The molecule has 1 saturated heterocycles. The summed E-state index contributed by atoms with van der Waals surface area (Å²) in [6, 6.07) is 0. The first-order chi connectivity index (χ1) is 8.34. The molecule has 1 aliphatic heterocycles. The first-order valence-corrected chi connectivity index (χ1v) is 6.87. The van der Waals surface area contributed by atoms with Gasteiger partial charge < -0.3 is 9.84 Å². The second-order valence-corrected chi connectivity index (χ2v) is 5.48. The number of hydrogen-bond donors (Lipinski definition) is 1. The van der Waals surface area contributed by atoms with Gasteiger partial charge >= 0.3 is 0 Å². The zero-order valence-corrected chi connectivity index (χ0v) is 10.5. The van der Waals surface area contributed by atoms with E-state index in [0.29, 0.717) is 11.3 Å². The fourth-order valence-corrected chi connectivity index (χ4v) is 3.55. The Morgan fingerprint density at radius 1 is 1.35 bits per heavy atom. The van der Waals surface area contributed by atoms with Crippen LogP contribution in [-0.4, -0.2) is 23.2 Å². The van der Waals surface area contributed by atoms with Crippen molar-refractivity contribution in [3.8, 4) is 0 Å². The van der Waals surface area contributed by atoms with Crippen molar-refractivity contribution in [1.29, 1.82) is 0 Å². The smallest absolute Gasteiger partial charge is 0.231 e. The highest BCUT2D eigenvalue weighted by Gasteiger charge is 2.45. The van der Waals surface area contributed by atoms with Gasteiger partial charge in [0.05, 0.1) is 5.92 Å². The van der Waals surface area contributed by atoms with E-state index < -0.39 is 0 Å². The highest BCUT2D eigenvalue weighted by Crippen LogP contribution is 2.51. The molecule has 1 spiro atoms. The van der Waals surface area contributed by atoms with E-state index in [9.17, 15) is 0 Å². The molecule has 2 fully saturated rings. The number of aryl methyl sites for hydroxylation is 1. The molecule has 4 nitrogen and oxygen atoms in total. The molecular formula is C13H21N3O. The van der Waals surface area contributed by atoms with Crippen LogP contribution in [0.3, 0.4) is 0 Å². The molecule has 0 aromatic carbocycles. The molecule has 0 amide bonds. The SMILES string of the molecule is CCc1noc([C@@H]2CNCCC23CCCC3)n1. The van der Waals surface area contributed by atoms with Crippen LogP contribution in [0.2, 0.25) is 0 Å². The quantitative estimate of drug-likeness (QED) is 0.854. The fourth-order valence-electron chi connectivity index (χ4n) is 3.55. The second-order valence-electron chi connectivity index (χ2n) is 5.48. The number of nitrogens with zero attached hydrogens (tertiary/aromatic N) is 2. The van der Waals surface area contributed by atoms with E-state index in [4.69, 9.17) is 4.52 Å². The lowest BCUT2D eigenvalue weighted by Gasteiger charge is -2.39. The maximum absolute atomic E-state index is 5.48. The van der Waals surface area contributed by atoms with Gasteiger partial charge in [-0.25, -0.2) is 0 Å². The Balaban J connectivity index is 1.88. The van der Waals surface area contributed by atoms with Crippen molar-refractivity contribution in [2.75, 3.05) is 13.1 Å². The Kier molecular flexibility index (Phi) is 2.90. The Hall–Kier alpha value is -0.900. The third-order valence-electron chi connectivity index (χ3n) is 4.58. The summed E-state index contributed by atoms with van der Waals surface area (Å²) < 4.78 is 5.48. The summed E-state index contributed by atoms with van der Waals surface area (Å²) in [5, 5.41) is 7.53. The van der Waals surface area contributed by atoms with Crippen molar-refractivity contribution in [3.63, 3.8) is 0 Å². The number of aromatic nitrogens is 2. The van der Waals surface area contributed by atoms with Gasteiger partial charge in [-0.1, -0.05) is 24.9 Å². The van der Waals surface area contributed by atoms with Crippen molar-refractivity contribution in [1.82, 2.24) is 15.5 Å². The van der Waals surface area contributed by atoms with Crippen molar-refractivity contribution in [2.45, 2.75) is 51.4 Å². The minimum atomic E-state index is 0.437. The van der Waals surface area contributed by atoms with Crippen LogP contribution in [0.5, 0.6) is 0 Å². The standard InChI is InChI=1S/C13H21N3O/c1-2-11-15-12(17-16-11)10-9-14-8-7-13(10)5-3-4-6-13/h10,14H,2-9H2,1H3/t10-/m0/s1. The molecule has 0 radical (unpaired) electrons. The highest BCUT2D eigenvalue weighted by atomic mass is 16.5.